The molecule has 0 radical (unpaired) electrons. The lowest BCUT2D eigenvalue weighted by Crippen LogP contribution is -2.35. The van der Waals surface area contributed by atoms with Gasteiger partial charge in [0.2, 0.25) is 9.84 Å². The van der Waals surface area contributed by atoms with Gasteiger partial charge in [0.15, 0.2) is 0 Å². The van der Waals surface area contributed by atoms with Crippen LogP contribution < -0.4 is 4.31 Å². The minimum Gasteiger partial charge on any atom is -0.478 e. The molecule has 0 spiro atoms. The molecule has 1 N–H and O–H groups in total. The van der Waals surface area contributed by atoms with E-state index in [1.807, 2.05) is 0 Å². The molecule has 10 heteroatoms. The second kappa shape index (κ2) is 8.03. The van der Waals surface area contributed by atoms with Crippen LogP contribution in [0.1, 0.15) is 22.3 Å². The summed E-state index contributed by atoms with van der Waals surface area (Å²) in [6, 6.07) is 13.8. The van der Waals surface area contributed by atoms with E-state index in [1.165, 1.54) is 42.5 Å². The molecular weight excluding hydrogens is 457 g/mol. The van der Waals surface area contributed by atoms with Crippen LogP contribution in [0.3, 0.4) is 0 Å². The second-order valence-electron chi connectivity index (χ2n) is 7.23. The van der Waals surface area contributed by atoms with Crippen molar-refractivity contribution < 1.29 is 31.1 Å². The van der Waals surface area contributed by atoms with Gasteiger partial charge >= 0.3 is 5.97 Å². The molecule has 3 aromatic carbocycles. The van der Waals surface area contributed by atoms with Crippen molar-refractivity contribution in [2.45, 2.75) is 27.5 Å². The van der Waals surface area contributed by atoms with Crippen LogP contribution in [0.2, 0.25) is 0 Å². The fraction of sp³-hybridized carbons (Fsp3) is 0.136. The van der Waals surface area contributed by atoms with Crippen LogP contribution in [-0.4, -0.2) is 34.5 Å². The highest BCUT2D eigenvalue weighted by atomic mass is 32.2. The normalized spacial score (nSPS) is 14.1. The highest BCUT2D eigenvalue weighted by Crippen LogP contribution is 2.35. The Morgan fingerprint density at radius 3 is 2.25 bits per heavy atom. The number of anilines is 1. The Morgan fingerprint density at radius 2 is 1.56 bits per heavy atom. The summed E-state index contributed by atoms with van der Waals surface area (Å²) in [6.07, 6.45) is 1.08. The summed E-state index contributed by atoms with van der Waals surface area (Å²) in [6.45, 7) is 0.127. The number of aromatic carboxylic acids is 1. The topological polar surface area (TPSA) is 109 Å². The quantitative estimate of drug-likeness (QED) is 0.605. The predicted octanol–water partition coefficient (Wildman–Crippen LogP) is 3.50. The van der Waals surface area contributed by atoms with E-state index in [0.29, 0.717) is 18.4 Å². The van der Waals surface area contributed by atoms with Crippen LogP contribution in [0, 0.1) is 5.82 Å². The summed E-state index contributed by atoms with van der Waals surface area (Å²) in [5.74, 6) is -1.96. The number of carboxylic acids is 1. The van der Waals surface area contributed by atoms with Gasteiger partial charge in [-0.2, -0.15) is 0 Å². The Labute approximate surface area is 184 Å². The Bertz CT molecular complexity index is 1420. The SMILES string of the molecule is O=C(O)c1ccccc1S(=O)(=O)c1ccc2c(c1)N(S(=O)(=O)c1ccc(F)cc1)CCC2. The summed E-state index contributed by atoms with van der Waals surface area (Å²) in [7, 11) is -8.30. The van der Waals surface area contributed by atoms with Crippen molar-refractivity contribution in [3.63, 3.8) is 0 Å². The first-order valence-corrected chi connectivity index (χ1v) is 12.5. The van der Waals surface area contributed by atoms with Gasteiger partial charge in [-0.3, -0.25) is 4.31 Å². The van der Waals surface area contributed by atoms with Gasteiger partial charge in [0.05, 0.1) is 25.9 Å². The first-order valence-electron chi connectivity index (χ1n) is 9.61. The van der Waals surface area contributed by atoms with E-state index in [1.54, 1.807) is 0 Å². The zero-order valence-electron chi connectivity index (χ0n) is 16.6. The molecule has 0 saturated heterocycles. The maximum Gasteiger partial charge on any atom is 0.337 e. The molecule has 1 heterocycles. The average Bonchev–Trinajstić information content (AvgIpc) is 2.78. The van der Waals surface area contributed by atoms with E-state index >= 15 is 0 Å². The average molecular weight is 476 g/mol. The molecule has 0 aromatic heterocycles. The number of carbonyl (C=O) groups is 1. The largest absolute Gasteiger partial charge is 0.478 e. The first-order chi connectivity index (χ1) is 15.1. The summed E-state index contributed by atoms with van der Waals surface area (Å²) < 4.78 is 67.3. The number of hydrogen-bond donors (Lipinski definition) is 1. The summed E-state index contributed by atoms with van der Waals surface area (Å²) >= 11 is 0. The van der Waals surface area contributed by atoms with Gasteiger partial charge < -0.3 is 5.11 Å². The van der Waals surface area contributed by atoms with Gasteiger partial charge in [-0.15, -0.1) is 0 Å². The number of fused-ring (bicyclic) bond motifs is 1. The lowest BCUT2D eigenvalue weighted by atomic mass is 10.0. The predicted molar refractivity (Wildman–Crippen MR) is 115 cm³/mol. The van der Waals surface area contributed by atoms with Crippen LogP contribution >= 0.6 is 0 Å². The van der Waals surface area contributed by atoms with E-state index in [4.69, 9.17) is 0 Å². The molecule has 0 saturated carbocycles. The number of benzene rings is 3. The molecule has 0 atom stereocenters. The van der Waals surface area contributed by atoms with Crippen molar-refractivity contribution in [1.82, 2.24) is 0 Å². The van der Waals surface area contributed by atoms with Gasteiger partial charge in [0.25, 0.3) is 10.0 Å². The number of aryl methyl sites for hydroxylation is 1. The van der Waals surface area contributed by atoms with E-state index in [0.717, 1.165) is 28.6 Å². The minimum absolute atomic E-state index is 0.115. The second-order valence-corrected chi connectivity index (χ2v) is 11.0. The van der Waals surface area contributed by atoms with E-state index in [-0.39, 0.29) is 32.5 Å². The number of halogens is 1. The van der Waals surface area contributed by atoms with Crippen molar-refractivity contribution in [3.05, 3.63) is 83.7 Å². The number of rotatable bonds is 5. The van der Waals surface area contributed by atoms with Crippen LogP contribution in [0.15, 0.2) is 81.4 Å². The zero-order chi connectivity index (χ0) is 23.1. The number of carboxylic acid groups (broad SMARTS) is 1. The molecule has 0 bridgehead atoms. The molecule has 3 aromatic rings. The van der Waals surface area contributed by atoms with Gasteiger partial charge in [0.1, 0.15) is 5.82 Å². The molecule has 0 amide bonds. The smallest absolute Gasteiger partial charge is 0.337 e. The van der Waals surface area contributed by atoms with Gasteiger partial charge in [-0.1, -0.05) is 18.2 Å². The zero-order valence-corrected chi connectivity index (χ0v) is 18.2. The molecule has 7 nitrogen and oxygen atoms in total. The summed E-state index contributed by atoms with van der Waals surface area (Å²) in [5.41, 5.74) is 0.475. The monoisotopic (exact) mass is 475 g/mol. The fourth-order valence-corrected chi connectivity index (χ4v) is 6.68. The van der Waals surface area contributed by atoms with Gasteiger partial charge in [0, 0.05) is 6.54 Å². The molecule has 32 heavy (non-hydrogen) atoms. The van der Waals surface area contributed by atoms with E-state index in [9.17, 15) is 31.1 Å². The molecule has 0 aliphatic carbocycles. The molecular formula is C22H18FNO6S2. The van der Waals surface area contributed by atoms with Crippen molar-refractivity contribution in [1.29, 1.82) is 0 Å². The van der Waals surface area contributed by atoms with Crippen molar-refractivity contribution >= 4 is 31.5 Å². The van der Waals surface area contributed by atoms with Gasteiger partial charge in [-0.05, 0) is 66.9 Å². The Hall–Kier alpha value is -3.24. The number of sulfonamides is 1. The molecule has 0 fully saturated rings. The fourth-order valence-electron chi connectivity index (χ4n) is 3.68. The molecule has 0 unspecified atom stereocenters. The van der Waals surface area contributed by atoms with Crippen molar-refractivity contribution in [2.24, 2.45) is 0 Å². The van der Waals surface area contributed by atoms with Crippen LogP contribution in [0.5, 0.6) is 0 Å². The Morgan fingerprint density at radius 1 is 0.906 bits per heavy atom. The lowest BCUT2D eigenvalue weighted by Gasteiger charge is -2.31. The third kappa shape index (κ3) is 3.76. The highest BCUT2D eigenvalue weighted by Gasteiger charge is 2.31. The lowest BCUT2D eigenvalue weighted by molar-refractivity contribution is 0.0692. The summed E-state index contributed by atoms with van der Waals surface area (Å²) in [4.78, 5) is 10.8. The first kappa shape index (κ1) is 22.0. The van der Waals surface area contributed by atoms with Crippen molar-refractivity contribution in [2.75, 3.05) is 10.8 Å². The van der Waals surface area contributed by atoms with Crippen molar-refractivity contribution in [3.8, 4) is 0 Å². The minimum atomic E-state index is -4.24. The Kier molecular flexibility index (Phi) is 5.51. The standard InChI is InChI=1S/C22H18FNO6S2/c23-16-8-11-17(12-9-16)32(29,30)24-13-3-4-15-7-10-18(14-20(15)24)31(27,28)21-6-2-1-5-19(21)22(25)26/h1-2,5-12,14H,3-4,13H2,(H,25,26). The van der Waals surface area contributed by atoms with Gasteiger partial charge in [-0.25, -0.2) is 26.0 Å². The van der Waals surface area contributed by atoms with Crippen LogP contribution in [0.4, 0.5) is 10.1 Å². The molecule has 166 valence electrons. The van der Waals surface area contributed by atoms with E-state index < -0.39 is 31.6 Å². The maximum absolute atomic E-state index is 13.3. The number of hydrogen-bond acceptors (Lipinski definition) is 5. The third-order valence-electron chi connectivity index (χ3n) is 5.25. The molecule has 1 aliphatic rings. The Balaban J connectivity index is 1.84. The number of sulfone groups is 1. The van der Waals surface area contributed by atoms with Crippen LogP contribution in [0.25, 0.3) is 0 Å². The van der Waals surface area contributed by atoms with E-state index in [2.05, 4.69) is 0 Å². The highest BCUT2D eigenvalue weighted by molar-refractivity contribution is 7.93. The maximum atomic E-state index is 13.3. The summed E-state index contributed by atoms with van der Waals surface area (Å²) in [5, 5.41) is 9.38. The van der Waals surface area contributed by atoms with Crippen LogP contribution in [-0.2, 0) is 26.3 Å². The third-order valence-corrected chi connectivity index (χ3v) is 8.89. The molecule has 4 rings (SSSR count). The molecule has 1 aliphatic heterocycles. The number of nitrogens with zero attached hydrogens (tertiary/aromatic N) is 1.